The van der Waals surface area contributed by atoms with Crippen LogP contribution in [0.1, 0.15) is 37.2 Å². The molecule has 3 aliphatic rings. The molecule has 2 aliphatic heterocycles. The van der Waals surface area contributed by atoms with E-state index in [0.29, 0.717) is 17.2 Å². The van der Waals surface area contributed by atoms with Crippen molar-refractivity contribution in [3.8, 4) is 28.1 Å². The average Bonchev–Trinajstić information content (AvgIpc) is 3.04. The maximum Gasteiger partial charge on any atom is 0.306 e. The normalized spacial score (nSPS) is 21.7. The van der Waals surface area contributed by atoms with Crippen LogP contribution < -0.4 is 15.1 Å². The molecule has 0 amide bonds. The molecule has 7 rings (SSSR count). The largest absolute Gasteiger partial charge is 0.507 e. The summed E-state index contributed by atoms with van der Waals surface area (Å²) in [4.78, 5) is 25.3. The minimum Gasteiger partial charge on any atom is -0.507 e. The molecular weight excluding hydrogens is 530 g/mol. The van der Waals surface area contributed by atoms with Gasteiger partial charge in [0.2, 0.25) is 5.95 Å². The minimum absolute atomic E-state index is 0.188. The lowest BCUT2D eigenvalue weighted by Crippen LogP contribution is -2.58. The Balaban J connectivity index is 1.01. The van der Waals surface area contributed by atoms with Crippen molar-refractivity contribution in [1.82, 2.24) is 20.2 Å². The second kappa shape index (κ2) is 10.9. The van der Waals surface area contributed by atoms with Crippen LogP contribution in [0.4, 0.5) is 17.5 Å². The number of nitrogens with one attached hydrogen (secondary N) is 1. The van der Waals surface area contributed by atoms with Crippen LogP contribution in [0.5, 0.6) is 5.75 Å². The Morgan fingerprint density at radius 2 is 1.67 bits per heavy atom. The van der Waals surface area contributed by atoms with Gasteiger partial charge < -0.3 is 25.3 Å². The highest BCUT2D eigenvalue weighted by atomic mass is 16.4. The van der Waals surface area contributed by atoms with E-state index in [1.165, 1.54) is 5.56 Å². The van der Waals surface area contributed by atoms with Crippen molar-refractivity contribution < 1.29 is 15.0 Å². The van der Waals surface area contributed by atoms with Crippen molar-refractivity contribution in [2.75, 3.05) is 41.3 Å². The number of nitrogens with zero attached hydrogens (tertiary/aromatic N) is 6. The van der Waals surface area contributed by atoms with Crippen molar-refractivity contribution in [1.29, 1.82) is 0 Å². The second-order valence-corrected chi connectivity index (χ2v) is 11.4. The van der Waals surface area contributed by atoms with Gasteiger partial charge in [-0.25, -0.2) is 9.97 Å². The number of benzene rings is 2. The number of piperazine rings is 1. The van der Waals surface area contributed by atoms with E-state index in [0.717, 1.165) is 80.4 Å². The second-order valence-electron chi connectivity index (χ2n) is 11.4. The van der Waals surface area contributed by atoms with Crippen LogP contribution in [0.25, 0.3) is 22.4 Å². The number of hydrogen-bond donors (Lipinski definition) is 3. The SMILES string of the molecule is O=C(O)C1CCC(c2ccc(-c3cnc(N4CCN5c6cc(-c7ccccc7O)nnc6NC[C@H]5C4)nc3)cc2)CC1. The molecule has 1 aliphatic carbocycles. The van der Waals surface area contributed by atoms with Gasteiger partial charge in [-0.2, -0.15) is 0 Å². The third-order valence-electron chi connectivity index (χ3n) is 8.96. The van der Waals surface area contributed by atoms with Crippen molar-refractivity contribution in [2.24, 2.45) is 5.92 Å². The molecule has 0 spiro atoms. The molecule has 42 heavy (non-hydrogen) atoms. The Hall–Kier alpha value is -4.73. The summed E-state index contributed by atoms with van der Waals surface area (Å²) in [6.45, 7) is 3.10. The Labute approximate surface area is 244 Å². The van der Waals surface area contributed by atoms with Gasteiger partial charge in [-0.3, -0.25) is 4.79 Å². The first kappa shape index (κ1) is 26.2. The quantitative estimate of drug-likeness (QED) is 0.312. The summed E-state index contributed by atoms with van der Waals surface area (Å²) in [6, 6.07) is 18.0. The van der Waals surface area contributed by atoms with Crippen LogP contribution in [0.15, 0.2) is 67.0 Å². The number of rotatable bonds is 5. The fourth-order valence-corrected chi connectivity index (χ4v) is 6.55. The van der Waals surface area contributed by atoms with Crippen LogP contribution in [0.2, 0.25) is 0 Å². The van der Waals surface area contributed by atoms with Gasteiger partial charge in [0.1, 0.15) is 5.75 Å². The molecule has 10 nitrogen and oxygen atoms in total. The number of aromatic nitrogens is 4. The zero-order valence-electron chi connectivity index (χ0n) is 23.2. The predicted octanol–water partition coefficient (Wildman–Crippen LogP) is 4.79. The lowest BCUT2D eigenvalue weighted by molar-refractivity contribution is -0.142. The molecule has 2 fully saturated rings. The maximum absolute atomic E-state index is 11.3. The fourth-order valence-electron chi connectivity index (χ4n) is 6.55. The number of anilines is 3. The Bertz CT molecular complexity index is 1590. The number of phenolic OH excluding ortho intramolecular Hbond substituents is 1. The van der Waals surface area contributed by atoms with E-state index in [-0.39, 0.29) is 17.7 Å². The van der Waals surface area contributed by atoms with E-state index in [1.54, 1.807) is 12.1 Å². The van der Waals surface area contributed by atoms with E-state index in [4.69, 9.17) is 9.97 Å². The van der Waals surface area contributed by atoms with Gasteiger partial charge in [-0.05, 0) is 60.9 Å². The number of phenols is 1. The Morgan fingerprint density at radius 3 is 2.40 bits per heavy atom. The minimum atomic E-state index is -0.663. The van der Waals surface area contributed by atoms with Gasteiger partial charge in [0, 0.05) is 49.7 Å². The van der Waals surface area contributed by atoms with Crippen molar-refractivity contribution in [3.05, 3.63) is 72.6 Å². The topological polar surface area (TPSA) is 128 Å². The van der Waals surface area contributed by atoms with Crippen LogP contribution in [0, 0.1) is 5.92 Å². The van der Waals surface area contributed by atoms with E-state index in [2.05, 4.69) is 49.6 Å². The molecule has 3 N–H and O–H groups in total. The zero-order valence-corrected chi connectivity index (χ0v) is 23.2. The van der Waals surface area contributed by atoms with Gasteiger partial charge >= 0.3 is 5.97 Å². The van der Waals surface area contributed by atoms with Crippen molar-refractivity contribution in [3.63, 3.8) is 0 Å². The number of carboxylic acids is 1. The Kier molecular flexibility index (Phi) is 6.81. The predicted molar refractivity (Wildman–Crippen MR) is 161 cm³/mol. The maximum atomic E-state index is 11.3. The summed E-state index contributed by atoms with van der Waals surface area (Å²) < 4.78 is 0. The summed E-state index contributed by atoms with van der Waals surface area (Å²) in [5.41, 5.74) is 5.63. The summed E-state index contributed by atoms with van der Waals surface area (Å²) in [5.74, 6) is 1.24. The zero-order chi connectivity index (χ0) is 28.6. The molecule has 0 unspecified atom stereocenters. The van der Waals surface area contributed by atoms with Gasteiger partial charge in [-0.15, -0.1) is 10.2 Å². The van der Waals surface area contributed by atoms with Crippen LogP contribution in [0.3, 0.4) is 0 Å². The molecule has 4 aromatic rings. The molecule has 1 saturated carbocycles. The highest BCUT2D eigenvalue weighted by molar-refractivity contribution is 5.77. The number of fused-ring (bicyclic) bond motifs is 3. The monoisotopic (exact) mass is 563 g/mol. The van der Waals surface area contributed by atoms with E-state index < -0.39 is 5.97 Å². The van der Waals surface area contributed by atoms with Gasteiger partial charge in [0.25, 0.3) is 0 Å². The summed E-state index contributed by atoms with van der Waals surface area (Å²) in [5, 5.41) is 31.8. The first-order chi connectivity index (χ1) is 20.5. The lowest BCUT2D eigenvalue weighted by Gasteiger charge is -2.45. The van der Waals surface area contributed by atoms with Crippen LogP contribution >= 0.6 is 0 Å². The molecule has 214 valence electrons. The molecule has 2 aromatic carbocycles. The van der Waals surface area contributed by atoms with E-state index in [9.17, 15) is 15.0 Å². The number of carboxylic acid groups (broad SMARTS) is 1. The summed E-state index contributed by atoms with van der Waals surface area (Å²) in [6.07, 6.45) is 7.14. The van der Waals surface area contributed by atoms with Crippen LogP contribution in [-0.2, 0) is 4.79 Å². The van der Waals surface area contributed by atoms with E-state index >= 15 is 0 Å². The Morgan fingerprint density at radius 1 is 0.905 bits per heavy atom. The molecule has 1 saturated heterocycles. The fraction of sp³-hybridized carbons (Fsp3) is 0.344. The smallest absolute Gasteiger partial charge is 0.306 e. The van der Waals surface area contributed by atoms with Crippen molar-refractivity contribution >= 4 is 23.4 Å². The standard InChI is InChI=1S/C32H33N7O3/c40-29-4-2-1-3-26(29)27-15-28-30(37-36-27)33-18-25-19-38(13-14-39(25)28)32-34-16-24(17-35-32)22-7-5-20(6-8-22)21-9-11-23(12-10-21)31(41)42/h1-8,15-17,21,23,25,40H,9-14,18-19H2,(H,33,37)(H,41,42)/t21?,23?,25-/m0/s1. The number of para-hydroxylation sites is 1. The molecule has 2 aromatic heterocycles. The molecule has 0 radical (unpaired) electrons. The lowest BCUT2D eigenvalue weighted by atomic mass is 9.78. The highest BCUT2D eigenvalue weighted by Gasteiger charge is 2.34. The first-order valence-corrected chi connectivity index (χ1v) is 14.6. The first-order valence-electron chi connectivity index (χ1n) is 14.6. The molecule has 4 heterocycles. The van der Waals surface area contributed by atoms with E-state index in [1.807, 2.05) is 30.6 Å². The van der Waals surface area contributed by atoms with Gasteiger partial charge in [0.05, 0.1) is 23.3 Å². The number of aromatic hydroxyl groups is 1. The number of aliphatic carboxylic acids is 1. The van der Waals surface area contributed by atoms with Gasteiger partial charge in [0.15, 0.2) is 5.82 Å². The van der Waals surface area contributed by atoms with Gasteiger partial charge in [-0.1, -0.05) is 36.4 Å². The van der Waals surface area contributed by atoms with Crippen molar-refractivity contribution in [2.45, 2.75) is 37.6 Å². The molecular formula is C32H33N7O3. The summed E-state index contributed by atoms with van der Waals surface area (Å²) >= 11 is 0. The number of carbonyl (C=O) groups is 1. The number of hydrogen-bond acceptors (Lipinski definition) is 9. The summed E-state index contributed by atoms with van der Waals surface area (Å²) in [7, 11) is 0. The third kappa shape index (κ3) is 4.97. The molecule has 10 heteroatoms. The molecule has 0 bridgehead atoms. The molecule has 1 atom stereocenters. The third-order valence-corrected chi connectivity index (χ3v) is 8.96. The highest BCUT2D eigenvalue weighted by Crippen LogP contribution is 2.38. The van der Waals surface area contributed by atoms with Crippen LogP contribution in [-0.4, -0.2) is 68.6 Å². The average molecular weight is 564 g/mol.